The fourth-order valence-electron chi connectivity index (χ4n) is 5.04. The molecule has 0 atom stereocenters. The van der Waals surface area contributed by atoms with Crippen molar-refractivity contribution in [1.82, 2.24) is 14.8 Å². The first kappa shape index (κ1) is 33.1. The van der Waals surface area contributed by atoms with Gasteiger partial charge in [-0.2, -0.15) is 5.26 Å². The first-order chi connectivity index (χ1) is 22.6. The number of anilines is 1. The molecule has 12 heteroatoms. The van der Waals surface area contributed by atoms with Gasteiger partial charge in [-0.05, 0) is 68.1 Å². The van der Waals surface area contributed by atoms with E-state index < -0.39 is 17.6 Å². The van der Waals surface area contributed by atoms with Gasteiger partial charge in [-0.1, -0.05) is 30.3 Å². The number of nitrogens with one attached hydrogen (secondary N) is 1. The van der Waals surface area contributed by atoms with Crippen LogP contribution in [0.3, 0.4) is 0 Å². The highest BCUT2D eigenvalue weighted by Gasteiger charge is 2.28. The van der Waals surface area contributed by atoms with Gasteiger partial charge in [-0.15, -0.1) is 11.3 Å². The van der Waals surface area contributed by atoms with Crippen LogP contribution < -0.4 is 10.1 Å². The minimum atomic E-state index is -0.606. The first-order valence-corrected chi connectivity index (χ1v) is 15.8. The van der Waals surface area contributed by atoms with Crippen LogP contribution in [-0.4, -0.2) is 78.4 Å². The summed E-state index contributed by atoms with van der Waals surface area (Å²) in [5, 5.41) is 15.0. The van der Waals surface area contributed by atoms with E-state index in [1.807, 2.05) is 39.0 Å². The van der Waals surface area contributed by atoms with Gasteiger partial charge in [0.05, 0.1) is 10.6 Å². The highest BCUT2D eigenvalue weighted by Crippen LogP contribution is 2.36. The summed E-state index contributed by atoms with van der Waals surface area (Å²) in [5.74, 6) is -0.0177. The fourth-order valence-corrected chi connectivity index (χ4v) is 5.66. The van der Waals surface area contributed by atoms with E-state index in [1.54, 1.807) is 63.7 Å². The average Bonchev–Trinajstić information content (AvgIpc) is 3.62. The van der Waals surface area contributed by atoms with Gasteiger partial charge >= 0.3 is 6.09 Å². The molecule has 0 radical (unpaired) electrons. The molecule has 11 nitrogen and oxygen atoms in total. The van der Waals surface area contributed by atoms with Gasteiger partial charge in [0.2, 0.25) is 0 Å². The average molecular weight is 654 g/mol. The molecule has 0 bridgehead atoms. The standard InChI is InChI=1S/C35H35N5O6S/c1-35(2,3)46-34(43)40-16-14-39(15-17-40)33(42)24-10-7-9-23(19-24)26-20-28(25-11-5-6-12-29(25)45-22-44-4)37-31(27(26)21-36)38-32(41)30-13-8-18-47-30/h5-13,18-20H,14-17,22H2,1-4H3,(H,37,38,41). The molecule has 2 aromatic carbocycles. The molecule has 1 aliphatic heterocycles. The number of rotatable bonds is 8. The molecule has 1 fully saturated rings. The Hall–Kier alpha value is -5.25. The van der Waals surface area contributed by atoms with Crippen molar-refractivity contribution >= 4 is 35.1 Å². The molecule has 0 aliphatic carbocycles. The lowest BCUT2D eigenvalue weighted by Crippen LogP contribution is -2.51. The number of hydrogen-bond donors (Lipinski definition) is 1. The van der Waals surface area contributed by atoms with E-state index in [0.717, 1.165) is 0 Å². The smallest absolute Gasteiger partial charge is 0.410 e. The second-order valence-electron chi connectivity index (χ2n) is 11.7. The molecular formula is C35H35N5O6S. The normalized spacial score (nSPS) is 13.1. The SMILES string of the molecule is COCOc1ccccc1-c1cc(-c2cccc(C(=O)N3CCN(C(=O)OC(C)(C)C)CC3)c2)c(C#N)c(NC(=O)c2cccs2)n1. The molecule has 4 aromatic rings. The molecule has 2 aromatic heterocycles. The number of hydrogen-bond acceptors (Lipinski definition) is 9. The van der Waals surface area contributed by atoms with Crippen LogP contribution in [0.4, 0.5) is 10.6 Å². The Morgan fingerprint density at radius 1 is 0.957 bits per heavy atom. The number of thiophene rings is 1. The van der Waals surface area contributed by atoms with Gasteiger partial charge in [-0.25, -0.2) is 9.78 Å². The van der Waals surface area contributed by atoms with Gasteiger partial charge in [-0.3, -0.25) is 9.59 Å². The summed E-state index contributed by atoms with van der Waals surface area (Å²) < 4.78 is 16.4. The maximum absolute atomic E-state index is 13.6. The van der Waals surface area contributed by atoms with Crippen LogP contribution in [0, 0.1) is 11.3 Å². The third-order valence-electron chi connectivity index (χ3n) is 7.24. The van der Waals surface area contributed by atoms with Gasteiger partial charge in [0.1, 0.15) is 23.0 Å². The minimum Gasteiger partial charge on any atom is -0.467 e. The predicted molar refractivity (Wildman–Crippen MR) is 178 cm³/mol. The van der Waals surface area contributed by atoms with Gasteiger partial charge in [0.15, 0.2) is 12.6 Å². The maximum Gasteiger partial charge on any atom is 0.410 e. The zero-order valence-corrected chi connectivity index (χ0v) is 27.4. The monoisotopic (exact) mass is 653 g/mol. The van der Waals surface area contributed by atoms with E-state index in [-0.39, 0.29) is 24.1 Å². The maximum atomic E-state index is 13.6. The number of aromatic nitrogens is 1. The highest BCUT2D eigenvalue weighted by molar-refractivity contribution is 7.12. The first-order valence-electron chi connectivity index (χ1n) is 15.0. The van der Waals surface area contributed by atoms with Crippen molar-refractivity contribution in [2.45, 2.75) is 26.4 Å². The molecule has 3 heterocycles. The Kier molecular flexibility index (Phi) is 10.2. The second-order valence-corrected chi connectivity index (χ2v) is 12.7. The summed E-state index contributed by atoms with van der Waals surface area (Å²) in [7, 11) is 1.52. The third kappa shape index (κ3) is 7.95. The Labute approximate surface area is 277 Å². The topological polar surface area (TPSA) is 134 Å². The number of para-hydroxylation sites is 1. The summed E-state index contributed by atoms with van der Waals surface area (Å²) in [6.45, 7) is 6.86. The van der Waals surface area contributed by atoms with Crippen molar-refractivity contribution in [2.75, 3.05) is 45.4 Å². The van der Waals surface area contributed by atoms with Crippen molar-refractivity contribution in [3.63, 3.8) is 0 Å². The van der Waals surface area contributed by atoms with E-state index >= 15 is 0 Å². The molecule has 1 aliphatic rings. The lowest BCUT2D eigenvalue weighted by Gasteiger charge is -2.35. The van der Waals surface area contributed by atoms with Crippen molar-refractivity contribution < 1.29 is 28.6 Å². The van der Waals surface area contributed by atoms with Crippen LogP contribution in [0.15, 0.2) is 72.1 Å². The lowest BCUT2D eigenvalue weighted by atomic mass is 9.96. The summed E-state index contributed by atoms with van der Waals surface area (Å²) >= 11 is 1.27. The number of benzene rings is 2. The number of methoxy groups -OCH3 is 1. The quantitative estimate of drug-likeness (QED) is 0.220. The van der Waals surface area contributed by atoms with Crippen LogP contribution in [-0.2, 0) is 9.47 Å². The van der Waals surface area contributed by atoms with Gasteiger partial charge < -0.3 is 29.3 Å². The minimum absolute atomic E-state index is 0.0122. The van der Waals surface area contributed by atoms with Crippen LogP contribution in [0.1, 0.15) is 46.4 Å². The van der Waals surface area contributed by atoms with Crippen molar-refractivity contribution in [1.29, 1.82) is 5.26 Å². The molecule has 1 saturated heterocycles. The Balaban J connectivity index is 1.49. The molecule has 242 valence electrons. The summed E-state index contributed by atoms with van der Waals surface area (Å²) in [6, 6.07) is 21.7. The zero-order valence-electron chi connectivity index (χ0n) is 26.6. The van der Waals surface area contributed by atoms with E-state index in [0.29, 0.717) is 64.8 Å². The second kappa shape index (κ2) is 14.5. The van der Waals surface area contributed by atoms with E-state index in [1.165, 1.54) is 18.4 Å². The summed E-state index contributed by atoms with van der Waals surface area (Å²) in [6.07, 6.45) is -0.403. The number of carbonyl (C=O) groups is 3. The number of pyridine rings is 1. The van der Waals surface area contributed by atoms with Crippen molar-refractivity contribution in [2.24, 2.45) is 0 Å². The molecule has 0 saturated carbocycles. The molecule has 47 heavy (non-hydrogen) atoms. The highest BCUT2D eigenvalue weighted by atomic mass is 32.1. The van der Waals surface area contributed by atoms with E-state index in [4.69, 9.17) is 19.2 Å². The summed E-state index contributed by atoms with van der Waals surface area (Å²) in [5.41, 5.74) is 2.09. The fraction of sp³-hybridized carbons (Fsp3) is 0.286. The number of ether oxygens (including phenoxy) is 3. The number of nitriles is 1. The number of amides is 3. The Bertz CT molecular complexity index is 1800. The number of piperazine rings is 1. The number of carbonyl (C=O) groups excluding carboxylic acids is 3. The Morgan fingerprint density at radius 3 is 2.38 bits per heavy atom. The molecular weight excluding hydrogens is 618 g/mol. The van der Waals surface area contributed by atoms with Crippen LogP contribution >= 0.6 is 11.3 Å². The van der Waals surface area contributed by atoms with Crippen molar-refractivity contribution in [3.05, 3.63) is 88.1 Å². The predicted octanol–water partition coefficient (Wildman–Crippen LogP) is 6.28. The lowest BCUT2D eigenvalue weighted by molar-refractivity contribution is 0.0141. The largest absolute Gasteiger partial charge is 0.467 e. The van der Waals surface area contributed by atoms with Crippen LogP contribution in [0.25, 0.3) is 22.4 Å². The summed E-state index contributed by atoms with van der Waals surface area (Å²) in [4.78, 5) is 47.8. The number of nitrogens with zero attached hydrogens (tertiary/aromatic N) is 4. The molecule has 1 N–H and O–H groups in total. The third-order valence-corrected chi connectivity index (χ3v) is 8.11. The van der Waals surface area contributed by atoms with Crippen LogP contribution in [0.2, 0.25) is 0 Å². The van der Waals surface area contributed by atoms with Crippen molar-refractivity contribution in [3.8, 4) is 34.2 Å². The molecule has 0 unspecified atom stereocenters. The van der Waals surface area contributed by atoms with Gasteiger partial charge in [0, 0.05) is 50.0 Å². The zero-order chi connectivity index (χ0) is 33.6. The van der Waals surface area contributed by atoms with E-state index in [9.17, 15) is 19.6 Å². The van der Waals surface area contributed by atoms with Gasteiger partial charge in [0.25, 0.3) is 11.8 Å². The van der Waals surface area contributed by atoms with E-state index in [2.05, 4.69) is 11.4 Å². The Morgan fingerprint density at radius 2 is 1.70 bits per heavy atom. The molecule has 0 spiro atoms. The van der Waals surface area contributed by atoms with Crippen LogP contribution in [0.5, 0.6) is 5.75 Å². The molecule has 5 rings (SSSR count). The molecule has 3 amide bonds.